The number of benzene rings is 2. The lowest BCUT2D eigenvalue weighted by Crippen LogP contribution is -2.59. The molecule has 0 aromatic heterocycles. The number of likely N-dealkylation sites (tertiary alicyclic amines) is 1. The van der Waals surface area contributed by atoms with Crippen molar-refractivity contribution in [2.45, 2.75) is 71.7 Å². The van der Waals surface area contributed by atoms with E-state index in [0.29, 0.717) is 48.4 Å². The molecule has 0 spiro atoms. The molecule has 2 amide bonds. The molecule has 5 rings (SSSR count). The van der Waals surface area contributed by atoms with Crippen LogP contribution in [0, 0.1) is 5.41 Å². The summed E-state index contributed by atoms with van der Waals surface area (Å²) < 4.78 is 6.20. The zero-order valence-corrected chi connectivity index (χ0v) is 21.7. The number of allylic oxidation sites excluding steroid dienone is 1. The van der Waals surface area contributed by atoms with Crippen molar-refractivity contribution in [3.05, 3.63) is 77.0 Å². The van der Waals surface area contributed by atoms with Crippen LogP contribution in [-0.2, 0) is 24.5 Å². The zero-order valence-electron chi connectivity index (χ0n) is 21.7. The average molecular weight is 488 g/mol. The monoisotopic (exact) mass is 487 g/mol. The molecule has 1 N–H and O–H groups in total. The van der Waals surface area contributed by atoms with Crippen LogP contribution in [0.1, 0.15) is 73.5 Å². The number of carbonyl (C=O) groups is 2. The van der Waals surface area contributed by atoms with Gasteiger partial charge < -0.3 is 15.0 Å². The Kier molecular flexibility index (Phi) is 6.41. The van der Waals surface area contributed by atoms with Crippen molar-refractivity contribution in [1.82, 2.24) is 15.1 Å². The normalized spacial score (nSPS) is 24.0. The Morgan fingerprint density at radius 1 is 0.972 bits per heavy atom. The van der Waals surface area contributed by atoms with E-state index in [4.69, 9.17) is 4.74 Å². The van der Waals surface area contributed by atoms with Gasteiger partial charge in [0.15, 0.2) is 0 Å². The van der Waals surface area contributed by atoms with E-state index in [1.165, 1.54) is 18.4 Å². The summed E-state index contributed by atoms with van der Waals surface area (Å²) in [7, 11) is 0. The average Bonchev–Trinajstić information content (AvgIpc) is 3.20. The van der Waals surface area contributed by atoms with E-state index in [-0.39, 0.29) is 11.8 Å². The second-order valence-electron chi connectivity index (χ2n) is 11.6. The van der Waals surface area contributed by atoms with Crippen molar-refractivity contribution in [2.75, 3.05) is 13.1 Å². The minimum absolute atomic E-state index is 0.119. The van der Waals surface area contributed by atoms with Crippen LogP contribution in [0.2, 0.25) is 0 Å². The number of fused-ring (bicyclic) bond motifs is 1. The summed E-state index contributed by atoms with van der Waals surface area (Å²) in [5.74, 6) is 0.411. The lowest BCUT2D eigenvalue weighted by Gasteiger charge is -2.40. The van der Waals surface area contributed by atoms with Gasteiger partial charge in [-0.1, -0.05) is 50.8 Å². The molecule has 0 bridgehead atoms. The molecule has 0 saturated carbocycles. The first-order valence-corrected chi connectivity index (χ1v) is 13.0. The highest BCUT2D eigenvalue weighted by molar-refractivity contribution is 6.03. The quantitative estimate of drug-likeness (QED) is 0.621. The first-order chi connectivity index (χ1) is 17.1. The van der Waals surface area contributed by atoms with Crippen LogP contribution in [0.5, 0.6) is 5.75 Å². The third-order valence-corrected chi connectivity index (χ3v) is 8.25. The summed E-state index contributed by atoms with van der Waals surface area (Å²) in [5.41, 5.74) is 4.16. The molecule has 1 atom stereocenters. The Bertz CT molecular complexity index is 1180. The molecular formula is C30H37N3O3. The number of nitrogens with one attached hydrogen (secondary N) is 1. The Balaban J connectivity index is 1.22. The predicted octanol–water partition coefficient (Wildman–Crippen LogP) is 5.03. The predicted molar refractivity (Wildman–Crippen MR) is 140 cm³/mol. The molecule has 2 saturated heterocycles. The van der Waals surface area contributed by atoms with Gasteiger partial charge in [-0.2, -0.15) is 0 Å². The van der Waals surface area contributed by atoms with Crippen LogP contribution < -0.4 is 10.1 Å². The fourth-order valence-electron chi connectivity index (χ4n) is 5.44. The first-order valence-electron chi connectivity index (χ1n) is 13.0. The van der Waals surface area contributed by atoms with E-state index in [9.17, 15) is 9.59 Å². The molecule has 2 aromatic carbocycles. The van der Waals surface area contributed by atoms with Gasteiger partial charge in [0.25, 0.3) is 5.91 Å². The largest absolute Gasteiger partial charge is 0.489 e. The minimum Gasteiger partial charge on any atom is -0.489 e. The third-order valence-electron chi connectivity index (χ3n) is 8.25. The first kappa shape index (κ1) is 24.6. The van der Waals surface area contributed by atoms with Gasteiger partial charge in [0.05, 0.1) is 6.54 Å². The van der Waals surface area contributed by atoms with Crippen molar-refractivity contribution in [3.8, 4) is 5.75 Å². The van der Waals surface area contributed by atoms with Crippen LogP contribution in [0.25, 0.3) is 0 Å². The van der Waals surface area contributed by atoms with Crippen molar-refractivity contribution < 1.29 is 14.3 Å². The summed E-state index contributed by atoms with van der Waals surface area (Å²) in [4.78, 5) is 30.3. The highest BCUT2D eigenvalue weighted by atomic mass is 16.5. The second-order valence-corrected chi connectivity index (χ2v) is 11.6. The number of rotatable bonds is 6. The summed E-state index contributed by atoms with van der Waals surface area (Å²) in [6, 6.07) is 14.2. The van der Waals surface area contributed by atoms with Crippen molar-refractivity contribution in [3.63, 3.8) is 0 Å². The lowest BCUT2D eigenvalue weighted by atomic mass is 9.82. The van der Waals surface area contributed by atoms with Gasteiger partial charge >= 0.3 is 0 Å². The molecule has 190 valence electrons. The van der Waals surface area contributed by atoms with E-state index in [1.54, 1.807) is 4.90 Å². The molecule has 6 nitrogen and oxygen atoms in total. The molecule has 0 radical (unpaired) electrons. The van der Waals surface area contributed by atoms with Crippen molar-refractivity contribution in [1.29, 1.82) is 0 Å². The summed E-state index contributed by atoms with van der Waals surface area (Å²) in [6.45, 7) is 14.5. The van der Waals surface area contributed by atoms with Crippen LogP contribution in [0.4, 0.5) is 0 Å². The van der Waals surface area contributed by atoms with E-state index in [0.717, 1.165) is 30.8 Å². The van der Waals surface area contributed by atoms with Crippen LogP contribution in [0.3, 0.4) is 0 Å². The van der Waals surface area contributed by atoms with Gasteiger partial charge in [-0.25, -0.2) is 0 Å². The highest BCUT2D eigenvalue weighted by Gasteiger charge is 2.48. The summed E-state index contributed by atoms with van der Waals surface area (Å²) >= 11 is 0. The maximum atomic E-state index is 13.3. The van der Waals surface area contributed by atoms with Crippen LogP contribution in [-0.4, -0.2) is 40.2 Å². The fraction of sp³-hybridized carbons (Fsp3) is 0.467. The molecule has 3 heterocycles. The van der Waals surface area contributed by atoms with Gasteiger partial charge in [0, 0.05) is 23.4 Å². The lowest BCUT2D eigenvalue weighted by molar-refractivity contribution is -0.132. The van der Waals surface area contributed by atoms with E-state index in [2.05, 4.69) is 54.9 Å². The highest BCUT2D eigenvalue weighted by Crippen LogP contribution is 2.38. The van der Waals surface area contributed by atoms with Crippen LogP contribution >= 0.6 is 0 Å². The molecule has 3 aliphatic heterocycles. The van der Waals surface area contributed by atoms with E-state index < -0.39 is 5.54 Å². The molecule has 2 fully saturated rings. The standard InChI is InChI=1S/C30H37N3O3/c1-21-12-13-30(4,28(35)31-21)33-19-25-24(27(33)34)6-5-7-26(25)36-20-23-10-8-22(9-11-23)18-32-16-14-29(2,3)15-17-32/h5-11H,1,12-20H2,2-4H3,(H,31,35)/t30-/m0/s1. The number of hydrogen-bond acceptors (Lipinski definition) is 4. The van der Waals surface area contributed by atoms with Gasteiger partial charge in [0.1, 0.15) is 17.9 Å². The Hall–Kier alpha value is -3.12. The van der Waals surface area contributed by atoms with Crippen molar-refractivity contribution >= 4 is 11.8 Å². The van der Waals surface area contributed by atoms with Crippen LogP contribution in [0.15, 0.2) is 54.7 Å². The molecule has 3 aliphatic rings. The molecule has 0 aliphatic carbocycles. The molecule has 6 heteroatoms. The summed E-state index contributed by atoms with van der Waals surface area (Å²) in [6.07, 6.45) is 3.73. The zero-order chi connectivity index (χ0) is 25.5. The Morgan fingerprint density at radius 3 is 2.36 bits per heavy atom. The number of carbonyl (C=O) groups excluding carboxylic acids is 2. The number of nitrogens with zero attached hydrogens (tertiary/aromatic N) is 2. The molecule has 36 heavy (non-hydrogen) atoms. The maximum Gasteiger partial charge on any atom is 0.255 e. The van der Waals surface area contributed by atoms with Gasteiger partial charge in [-0.05, 0) is 74.4 Å². The fourth-order valence-corrected chi connectivity index (χ4v) is 5.44. The SMILES string of the molecule is C=C1CC[C@](C)(N2Cc3c(OCc4ccc(CN5CCC(C)(C)CC5)cc4)cccc3C2=O)C(=O)N1. The topological polar surface area (TPSA) is 61.9 Å². The van der Waals surface area contributed by atoms with Crippen molar-refractivity contribution in [2.24, 2.45) is 5.41 Å². The number of hydrogen-bond donors (Lipinski definition) is 1. The Morgan fingerprint density at radius 2 is 1.67 bits per heavy atom. The van der Waals surface area contributed by atoms with Gasteiger partial charge in [0.2, 0.25) is 5.91 Å². The smallest absolute Gasteiger partial charge is 0.255 e. The molecule has 2 aromatic rings. The number of ether oxygens (including phenoxy) is 1. The second kappa shape index (κ2) is 9.40. The minimum atomic E-state index is -0.894. The molecular weight excluding hydrogens is 450 g/mol. The van der Waals surface area contributed by atoms with E-state index >= 15 is 0 Å². The number of piperidine rings is 2. The van der Waals surface area contributed by atoms with Gasteiger partial charge in [-0.3, -0.25) is 14.5 Å². The van der Waals surface area contributed by atoms with E-state index in [1.807, 2.05) is 25.1 Å². The molecule has 0 unspecified atom stereocenters. The summed E-state index contributed by atoms with van der Waals surface area (Å²) in [5, 5.41) is 2.83. The third kappa shape index (κ3) is 4.79. The number of amides is 2. The van der Waals surface area contributed by atoms with Gasteiger partial charge in [-0.15, -0.1) is 0 Å². The maximum absolute atomic E-state index is 13.3. The Labute approximate surface area is 214 Å².